The van der Waals surface area contributed by atoms with Gasteiger partial charge in [-0.05, 0) is 36.4 Å². The van der Waals surface area contributed by atoms with E-state index in [9.17, 15) is 9.18 Å². The fourth-order valence-electron chi connectivity index (χ4n) is 1.63. The van der Waals surface area contributed by atoms with Gasteiger partial charge in [-0.1, -0.05) is 29.8 Å². The van der Waals surface area contributed by atoms with Gasteiger partial charge in [-0.2, -0.15) is 5.26 Å². The van der Waals surface area contributed by atoms with E-state index in [1.54, 1.807) is 36.4 Å². The molecule has 104 valence electrons. The van der Waals surface area contributed by atoms with Gasteiger partial charge in [-0.3, -0.25) is 4.79 Å². The minimum absolute atomic E-state index is 0.181. The second-order valence-electron chi connectivity index (χ2n) is 4.15. The first-order valence-corrected chi connectivity index (χ1v) is 6.41. The largest absolute Gasteiger partial charge is 0.321 e. The van der Waals surface area contributed by atoms with Crippen LogP contribution in [0, 0.1) is 17.1 Å². The Morgan fingerprint density at radius 1 is 1.19 bits per heavy atom. The van der Waals surface area contributed by atoms with Gasteiger partial charge in [0.25, 0.3) is 5.91 Å². The summed E-state index contributed by atoms with van der Waals surface area (Å²) in [6.45, 7) is 0. The Labute approximate surface area is 126 Å². The molecule has 0 bridgehead atoms. The van der Waals surface area contributed by atoms with Crippen LogP contribution in [0.4, 0.5) is 10.1 Å². The molecule has 0 saturated heterocycles. The predicted octanol–water partition coefficient (Wildman–Crippen LogP) is 4.02. The van der Waals surface area contributed by atoms with Gasteiger partial charge in [0, 0.05) is 16.3 Å². The first kappa shape index (κ1) is 14.8. The predicted molar refractivity (Wildman–Crippen MR) is 80.1 cm³/mol. The molecule has 0 unspecified atom stereocenters. The summed E-state index contributed by atoms with van der Waals surface area (Å²) in [5.74, 6) is -1.10. The number of halogens is 2. The summed E-state index contributed by atoms with van der Waals surface area (Å²) < 4.78 is 13.5. The Morgan fingerprint density at radius 3 is 2.48 bits per heavy atom. The second-order valence-corrected chi connectivity index (χ2v) is 4.59. The van der Waals surface area contributed by atoms with Crippen LogP contribution in [-0.4, -0.2) is 5.91 Å². The van der Waals surface area contributed by atoms with Crippen molar-refractivity contribution in [2.24, 2.45) is 0 Å². The molecule has 2 rings (SSSR count). The van der Waals surface area contributed by atoms with Crippen molar-refractivity contribution in [2.45, 2.75) is 0 Å². The minimum Gasteiger partial charge on any atom is -0.321 e. The van der Waals surface area contributed by atoms with Crippen LogP contribution in [-0.2, 0) is 4.79 Å². The third-order valence-electron chi connectivity index (χ3n) is 2.67. The third kappa shape index (κ3) is 3.91. The van der Waals surface area contributed by atoms with Gasteiger partial charge in [0.15, 0.2) is 0 Å². The fourth-order valence-corrected chi connectivity index (χ4v) is 1.75. The van der Waals surface area contributed by atoms with Gasteiger partial charge in [-0.15, -0.1) is 0 Å². The molecule has 0 aliphatic carbocycles. The molecule has 0 radical (unpaired) electrons. The van der Waals surface area contributed by atoms with Gasteiger partial charge in [0.2, 0.25) is 0 Å². The van der Waals surface area contributed by atoms with Crippen LogP contribution < -0.4 is 5.32 Å². The molecule has 0 saturated carbocycles. The van der Waals surface area contributed by atoms with E-state index in [1.165, 1.54) is 24.3 Å². The number of benzene rings is 2. The number of hydrogen-bond acceptors (Lipinski definition) is 2. The first-order valence-electron chi connectivity index (χ1n) is 6.03. The maximum Gasteiger partial charge on any atom is 0.266 e. The van der Waals surface area contributed by atoms with Crippen molar-refractivity contribution in [3.05, 3.63) is 70.5 Å². The number of anilines is 1. The van der Waals surface area contributed by atoms with Crippen LogP contribution in [0.5, 0.6) is 0 Å². The summed E-state index contributed by atoms with van der Waals surface area (Å²) in [4.78, 5) is 12.0. The highest BCUT2D eigenvalue weighted by atomic mass is 35.5. The molecule has 0 spiro atoms. The zero-order valence-electron chi connectivity index (χ0n) is 10.8. The number of nitriles is 1. The summed E-state index contributed by atoms with van der Waals surface area (Å²) in [6.07, 6.45) is 1.21. The van der Waals surface area contributed by atoms with Crippen LogP contribution >= 0.6 is 11.6 Å². The van der Waals surface area contributed by atoms with E-state index in [1.807, 2.05) is 0 Å². The molecule has 0 heterocycles. The van der Waals surface area contributed by atoms with Gasteiger partial charge in [0.05, 0.1) is 0 Å². The fraction of sp³-hybridized carbons (Fsp3) is 0. The number of rotatable bonds is 3. The summed E-state index contributed by atoms with van der Waals surface area (Å²) in [7, 11) is 0. The lowest BCUT2D eigenvalue weighted by Crippen LogP contribution is -2.13. The lowest BCUT2D eigenvalue weighted by atomic mass is 10.1. The number of carbonyl (C=O) groups excluding carboxylic acids is 1. The molecule has 21 heavy (non-hydrogen) atoms. The van der Waals surface area contributed by atoms with Gasteiger partial charge in [0.1, 0.15) is 17.5 Å². The van der Waals surface area contributed by atoms with E-state index < -0.39 is 11.7 Å². The summed E-state index contributed by atoms with van der Waals surface area (Å²) >= 11 is 5.74. The molecular weight excluding hydrogens is 291 g/mol. The molecule has 0 atom stereocenters. The van der Waals surface area contributed by atoms with Crippen molar-refractivity contribution < 1.29 is 9.18 Å². The molecule has 3 nitrogen and oxygen atoms in total. The maximum atomic E-state index is 13.5. The molecule has 0 aliphatic heterocycles. The van der Waals surface area contributed by atoms with Gasteiger partial charge in [-0.25, -0.2) is 4.39 Å². The summed E-state index contributed by atoms with van der Waals surface area (Å²) in [5, 5.41) is 12.1. The topological polar surface area (TPSA) is 52.9 Å². The molecular formula is C16H10ClFN2O. The van der Waals surface area contributed by atoms with E-state index in [-0.39, 0.29) is 11.1 Å². The smallest absolute Gasteiger partial charge is 0.266 e. The Hall–Kier alpha value is -2.64. The van der Waals surface area contributed by atoms with Crippen LogP contribution in [0.2, 0.25) is 5.02 Å². The standard InChI is InChI=1S/C16H10ClFN2O/c17-13-5-7-14(8-6-13)20-16(21)12(10-19)9-11-3-1-2-4-15(11)18/h1-9H,(H,20,21)/b12-9-. The maximum absolute atomic E-state index is 13.5. The van der Waals surface area contributed by atoms with Crippen LogP contribution in [0.25, 0.3) is 6.08 Å². The highest BCUT2D eigenvalue weighted by molar-refractivity contribution is 6.30. The third-order valence-corrected chi connectivity index (χ3v) is 2.92. The Kier molecular flexibility index (Phi) is 4.70. The highest BCUT2D eigenvalue weighted by Crippen LogP contribution is 2.16. The zero-order chi connectivity index (χ0) is 15.2. The van der Waals surface area contributed by atoms with E-state index in [2.05, 4.69) is 5.32 Å². The van der Waals surface area contributed by atoms with E-state index in [0.29, 0.717) is 10.7 Å². The molecule has 5 heteroatoms. The van der Waals surface area contributed by atoms with E-state index in [0.717, 1.165) is 0 Å². The average molecular weight is 301 g/mol. The van der Waals surface area contributed by atoms with Crippen molar-refractivity contribution in [3.63, 3.8) is 0 Å². The molecule has 2 aromatic rings. The monoisotopic (exact) mass is 300 g/mol. The van der Waals surface area contributed by atoms with Crippen molar-refractivity contribution >= 4 is 29.3 Å². The Bertz CT molecular complexity index is 733. The average Bonchev–Trinajstić information content (AvgIpc) is 2.48. The minimum atomic E-state index is -0.608. The summed E-state index contributed by atoms with van der Waals surface area (Å²) in [5.41, 5.74) is 0.495. The Morgan fingerprint density at radius 2 is 1.86 bits per heavy atom. The van der Waals surface area contributed by atoms with Crippen molar-refractivity contribution in [1.29, 1.82) is 5.26 Å². The molecule has 1 amide bonds. The van der Waals surface area contributed by atoms with Crippen molar-refractivity contribution in [1.82, 2.24) is 0 Å². The zero-order valence-corrected chi connectivity index (χ0v) is 11.6. The molecule has 2 aromatic carbocycles. The SMILES string of the molecule is N#C/C(=C/c1ccccc1F)C(=O)Nc1ccc(Cl)cc1. The van der Waals surface area contributed by atoms with Crippen LogP contribution in [0.1, 0.15) is 5.56 Å². The molecule has 0 aromatic heterocycles. The van der Waals surface area contributed by atoms with Gasteiger partial charge >= 0.3 is 0 Å². The number of nitrogens with one attached hydrogen (secondary N) is 1. The molecule has 1 N–H and O–H groups in total. The second kappa shape index (κ2) is 6.69. The molecule has 0 aliphatic rings. The van der Waals surface area contributed by atoms with E-state index >= 15 is 0 Å². The highest BCUT2D eigenvalue weighted by Gasteiger charge is 2.10. The normalized spacial score (nSPS) is 10.8. The van der Waals surface area contributed by atoms with Crippen molar-refractivity contribution in [3.8, 4) is 6.07 Å². The van der Waals surface area contributed by atoms with Gasteiger partial charge < -0.3 is 5.32 Å². The number of amides is 1. The lowest BCUT2D eigenvalue weighted by Gasteiger charge is -2.04. The number of nitrogens with zero attached hydrogens (tertiary/aromatic N) is 1. The van der Waals surface area contributed by atoms with Crippen LogP contribution in [0.3, 0.4) is 0 Å². The van der Waals surface area contributed by atoms with Crippen molar-refractivity contribution in [2.75, 3.05) is 5.32 Å². The first-order chi connectivity index (χ1) is 10.1. The Balaban J connectivity index is 2.22. The quantitative estimate of drug-likeness (QED) is 0.687. The lowest BCUT2D eigenvalue weighted by molar-refractivity contribution is -0.112. The number of carbonyl (C=O) groups is 1. The number of hydrogen-bond donors (Lipinski definition) is 1. The van der Waals surface area contributed by atoms with Crippen LogP contribution in [0.15, 0.2) is 54.1 Å². The molecule has 0 fully saturated rings. The van der Waals surface area contributed by atoms with E-state index in [4.69, 9.17) is 16.9 Å². The summed E-state index contributed by atoms with van der Waals surface area (Å²) in [6, 6.07) is 14.1.